The van der Waals surface area contributed by atoms with E-state index in [4.69, 9.17) is 11.6 Å². The van der Waals surface area contributed by atoms with E-state index in [-0.39, 0.29) is 11.2 Å². The van der Waals surface area contributed by atoms with Crippen molar-refractivity contribution in [1.29, 1.82) is 0 Å². The summed E-state index contributed by atoms with van der Waals surface area (Å²) >= 11 is 7.45. The lowest BCUT2D eigenvalue weighted by Crippen LogP contribution is -2.33. The Kier molecular flexibility index (Phi) is 6.80. The third kappa shape index (κ3) is 5.39. The van der Waals surface area contributed by atoms with Gasteiger partial charge in [0.15, 0.2) is 0 Å². The summed E-state index contributed by atoms with van der Waals surface area (Å²) in [5, 5.41) is 3.64. The SMILES string of the molecule is CC[C@H](Sc1ccc(Cl)cc1)C(=O)NCCCn1ccnc1. The first-order valence-corrected chi connectivity index (χ1v) is 8.60. The molecule has 0 saturated carbocycles. The number of amides is 1. The van der Waals surface area contributed by atoms with Crippen molar-refractivity contribution in [2.45, 2.75) is 36.5 Å². The van der Waals surface area contributed by atoms with Gasteiger partial charge in [-0.2, -0.15) is 0 Å². The number of hydrogen-bond acceptors (Lipinski definition) is 3. The first-order valence-electron chi connectivity index (χ1n) is 7.34. The van der Waals surface area contributed by atoms with Crippen LogP contribution in [0.1, 0.15) is 19.8 Å². The van der Waals surface area contributed by atoms with Crippen LogP contribution in [0.4, 0.5) is 0 Å². The number of rotatable bonds is 8. The zero-order chi connectivity index (χ0) is 15.8. The van der Waals surface area contributed by atoms with E-state index in [1.807, 2.05) is 42.0 Å². The molecule has 0 spiro atoms. The number of hydrogen-bond donors (Lipinski definition) is 1. The minimum Gasteiger partial charge on any atom is -0.355 e. The summed E-state index contributed by atoms with van der Waals surface area (Å²) in [5.41, 5.74) is 0. The highest BCUT2D eigenvalue weighted by atomic mass is 35.5. The Balaban J connectivity index is 1.75. The van der Waals surface area contributed by atoms with Crippen LogP contribution in [0.15, 0.2) is 47.9 Å². The first kappa shape index (κ1) is 16.9. The van der Waals surface area contributed by atoms with Gasteiger partial charge in [-0.05, 0) is 37.1 Å². The Bertz CT molecular complexity index is 572. The molecule has 2 rings (SSSR count). The van der Waals surface area contributed by atoms with E-state index < -0.39 is 0 Å². The lowest BCUT2D eigenvalue weighted by Gasteiger charge is -2.15. The Morgan fingerprint density at radius 3 is 2.82 bits per heavy atom. The molecule has 1 atom stereocenters. The summed E-state index contributed by atoms with van der Waals surface area (Å²) in [6, 6.07) is 7.59. The van der Waals surface area contributed by atoms with E-state index in [1.165, 1.54) is 0 Å². The van der Waals surface area contributed by atoms with Gasteiger partial charge in [-0.15, -0.1) is 11.8 Å². The maximum Gasteiger partial charge on any atom is 0.233 e. The fourth-order valence-corrected chi connectivity index (χ4v) is 3.11. The number of carbonyl (C=O) groups excluding carboxylic acids is 1. The summed E-state index contributed by atoms with van der Waals surface area (Å²) in [6.07, 6.45) is 7.15. The van der Waals surface area contributed by atoms with Gasteiger partial charge in [0.2, 0.25) is 5.91 Å². The van der Waals surface area contributed by atoms with Crippen LogP contribution in [0.5, 0.6) is 0 Å². The van der Waals surface area contributed by atoms with Crippen LogP contribution in [0.25, 0.3) is 0 Å². The predicted octanol–water partition coefficient (Wildman–Crippen LogP) is 3.61. The molecule has 1 heterocycles. The molecule has 22 heavy (non-hydrogen) atoms. The lowest BCUT2D eigenvalue weighted by molar-refractivity contribution is -0.120. The van der Waals surface area contributed by atoms with E-state index in [2.05, 4.69) is 10.3 Å². The molecule has 0 bridgehead atoms. The van der Waals surface area contributed by atoms with Gasteiger partial charge in [0.25, 0.3) is 0 Å². The Morgan fingerprint density at radius 2 is 2.18 bits per heavy atom. The molecule has 1 amide bonds. The predicted molar refractivity (Wildman–Crippen MR) is 91.2 cm³/mol. The highest BCUT2D eigenvalue weighted by Crippen LogP contribution is 2.26. The summed E-state index contributed by atoms with van der Waals surface area (Å²) < 4.78 is 2.01. The lowest BCUT2D eigenvalue weighted by atomic mass is 10.3. The van der Waals surface area contributed by atoms with Crippen LogP contribution < -0.4 is 5.32 Å². The third-order valence-corrected chi connectivity index (χ3v) is 4.83. The van der Waals surface area contributed by atoms with Gasteiger partial charge in [-0.1, -0.05) is 18.5 Å². The van der Waals surface area contributed by atoms with Crippen molar-refractivity contribution in [3.8, 4) is 0 Å². The number of nitrogens with one attached hydrogen (secondary N) is 1. The quantitative estimate of drug-likeness (QED) is 0.591. The minimum atomic E-state index is -0.0746. The molecule has 0 saturated heterocycles. The molecule has 0 radical (unpaired) electrons. The van der Waals surface area contributed by atoms with Crippen LogP contribution in [0.3, 0.4) is 0 Å². The second kappa shape index (κ2) is 8.86. The van der Waals surface area contributed by atoms with Gasteiger partial charge < -0.3 is 9.88 Å². The van der Waals surface area contributed by atoms with Crippen molar-refractivity contribution < 1.29 is 4.79 Å². The molecule has 0 unspecified atom stereocenters. The largest absolute Gasteiger partial charge is 0.355 e. The topological polar surface area (TPSA) is 46.9 Å². The number of carbonyl (C=O) groups is 1. The summed E-state index contributed by atoms with van der Waals surface area (Å²) in [4.78, 5) is 17.3. The molecular formula is C16H20ClN3OS. The molecule has 1 aromatic carbocycles. The molecule has 118 valence electrons. The molecule has 0 aliphatic heterocycles. The smallest absolute Gasteiger partial charge is 0.233 e. The van der Waals surface area contributed by atoms with E-state index in [0.717, 1.165) is 24.3 Å². The molecule has 2 aromatic rings. The fraction of sp³-hybridized carbons (Fsp3) is 0.375. The van der Waals surface area contributed by atoms with Crippen molar-refractivity contribution in [3.63, 3.8) is 0 Å². The average molecular weight is 338 g/mol. The van der Waals surface area contributed by atoms with Crippen LogP contribution in [-0.2, 0) is 11.3 Å². The van der Waals surface area contributed by atoms with Crippen molar-refractivity contribution >= 4 is 29.3 Å². The van der Waals surface area contributed by atoms with Gasteiger partial charge >= 0.3 is 0 Å². The Hall–Kier alpha value is -1.46. The molecule has 6 heteroatoms. The first-order chi connectivity index (χ1) is 10.7. The van der Waals surface area contributed by atoms with Crippen molar-refractivity contribution in [2.75, 3.05) is 6.54 Å². The zero-order valence-corrected chi connectivity index (χ0v) is 14.1. The summed E-state index contributed by atoms with van der Waals surface area (Å²) in [6.45, 7) is 3.56. The van der Waals surface area contributed by atoms with E-state index in [1.54, 1.807) is 24.3 Å². The summed E-state index contributed by atoms with van der Waals surface area (Å²) in [7, 11) is 0. The highest BCUT2D eigenvalue weighted by Gasteiger charge is 2.17. The van der Waals surface area contributed by atoms with Crippen LogP contribution in [0, 0.1) is 0 Å². The second-order valence-corrected chi connectivity index (χ2v) is 6.63. The molecule has 0 aliphatic carbocycles. The molecule has 4 nitrogen and oxygen atoms in total. The monoisotopic (exact) mass is 337 g/mol. The normalized spacial score (nSPS) is 12.1. The van der Waals surface area contributed by atoms with Gasteiger partial charge in [0.05, 0.1) is 11.6 Å². The van der Waals surface area contributed by atoms with Gasteiger partial charge in [0, 0.05) is 35.4 Å². The number of halogens is 1. The summed E-state index contributed by atoms with van der Waals surface area (Å²) in [5.74, 6) is 0.0908. The number of nitrogens with zero attached hydrogens (tertiary/aromatic N) is 2. The van der Waals surface area contributed by atoms with Crippen molar-refractivity contribution in [1.82, 2.24) is 14.9 Å². The average Bonchev–Trinajstić information content (AvgIpc) is 3.04. The molecule has 1 aromatic heterocycles. The number of aromatic nitrogens is 2. The number of imidazole rings is 1. The molecule has 0 fully saturated rings. The van der Waals surface area contributed by atoms with Crippen molar-refractivity contribution in [3.05, 3.63) is 48.0 Å². The van der Waals surface area contributed by atoms with Crippen LogP contribution in [-0.4, -0.2) is 27.3 Å². The van der Waals surface area contributed by atoms with E-state index in [0.29, 0.717) is 11.6 Å². The third-order valence-electron chi connectivity index (χ3n) is 3.21. The van der Waals surface area contributed by atoms with Crippen LogP contribution in [0.2, 0.25) is 5.02 Å². The molecular weight excluding hydrogens is 318 g/mol. The van der Waals surface area contributed by atoms with Crippen molar-refractivity contribution in [2.24, 2.45) is 0 Å². The second-order valence-electron chi connectivity index (χ2n) is 4.91. The maximum atomic E-state index is 12.2. The number of aryl methyl sites for hydroxylation is 1. The Labute approximate surface area is 140 Å². The van der Waals surface area contributed by atoms with E-state index in [9.17, 15) is 4.79 Å². The fourth-order valence-electron chi connectivity index (χ4n) is 2.01. The standard InChI is InChI=1S/C16H20ClN3OS/c1-2-15(22-14-6-4-13(17)5-7-14)16(21)19-8-3-10-20-11-9-18-12-20/h4-7,9,11-12,15H,2-3,8,10H2,1H3,(H,19,21)/t15-/m0/s1. The highest BCUT2D eigenvalue weighted by molar-refractivity contribution is 8.00. The number of thioether (sulfide) groups is 1. The maximum absolute atomic E-state index is 12.2. The molecule has 1 N–H and O–H groups in total. The zero-order valence-electron chi connectivity index (χ0n) is 12.5. The Morgan fingerprint density at radius 1 is 1.41 bits per heavy atom. The van der Waals surface area contributed by atoms with Gasteiger partial charge in [0.1, 0.15) is 0 Å². The van der Waals surface area contributed by atoms with E-state index >= 15 is 0 Å². The van der Waals surface area contributed by atoms with Gasteiger partial charge in [-0.3, -0.25) is 4.79 Å². The molecule has 0 aliphatic rings. The number of benzene rings is 1. The van der Waals surface area contributed by atoms with Crippen LogP contribution >= 0.6 is 23.4 Å². The minimum absolute atomic E-state index is 0.0746. The van der Waals surface area contributed by atoms with Gasteiger partial charge in [-0.25, -0.2) is 4.98 Å².